The third-order valence-corrected chi connectivity index (χ3v) is 6.08. The van der Waals surface area contributed by atoms with E-state index in [0.717, 1.165) is 0 Å². The van der Waals surface area contributed by atoms with E-state index < -0.39 is 24.3 Å². The second-order valence-electron chi connectivity index (χ2n) is 7.96. The number of benzene rings is 2. The van der Waals surface area contributed by atoms with Crippen molar-refractivity contribution >= 4 is 34.1 Å². The Morgan fingerprint density at radius 2 is 1.97 bits per heavy atom. The molecule has 1 heterocycles. The minimum Gasteiger partial charge on any atom is -0.504 e. The number of hydrazone groups is 1. The molecule has 204 valence electrons. The minimum atomic E-state index is -1.17. The second kappa shape index (κ2) is 13.0. The quantitative estimate of drug-likeness (QED) is 0.114. The Labute approximate surface area is 227 Å². The lowest BCUT2D eigenvalue weighted by Crippen LogP contribution is -2.45. The van der Waals surface area contributed by atoms with E-state index in [9.17, 15) is 19.8 Å². The monoisotopic (exact) mass is 592 g/mol. The van der Waals surface area contributed by atoms with E-state index in [1.807, 2.05) is 0 Å². The summed E-state index contributed by atoms with van der Waals surface area (Å²) in [7, 11) is 2.70. The minimum absolute atomic E-state index is 0.0238. The van der Waals surface area contributed by atoms with Crippen molar-refractivity contribution in [3.63, 3.8) is 0 Å². The number of nitrogens with zero attached hydrogens (tertiary/aromatic N) is 1. The number of rotatable bonds is 11. The van der Waals surface area contributed by atoms with Crippen molar-refractivity contribution < 1.29 is 38.7 Å². The summed E-state index contributed by atoms with van der Waals surface area (Å²) in [6.07, 6.45) is 0.274. The van der Waals surface area contributed by atoms with Gasteiger partial charge in [-0.1, -0.05) is 6.07 Å². The van der Waals surface area contributed by atoms with E-state index in [1.165, 1.54) is 26.5 Å². The van der Waals surface area contributed by atoms with Gasteiger partial charge in [-0.3, -0.25) is 5.43 Å². The van der Waals surface area contributed by atoms with Crippen molar-refractivity contribution in [2.45, 2.75) is 26.1 Å². The van der Waals surface area contributed by atoms with Crippen LogP contribution in [-0.4, -0.2) is 62.1 Å². The Hall–Kier alpha value is -3.97. The molecule has 0 radical (unpaired) electrons. The van der Waals surface area contributed by atoms with Crippen molar-refractivity contribution in [1.29, 1.82) is 0 Å². The summed E-state index contributed by atoms with van der Waals surface area (Å²) in [6.45, 7) is 3.57. The smallest absolute Gasteiger partial charge is 0.337 e. The normalized spacial score (nSPS) is 15.9. The molecule has 0 fully saturated rings. The lowest BCUT2D eigenvalue weighted by atomic mass is 9.95. The van der Waals surface area contributed by atoms with E-state index in [1.54, 1.807) is 38.1 Å². The highest BCUT2D eigenvalue weighted by atomic mass is 79.9. The van der Waals surface area contributed by atoms with Gasteiger partial charge in [0.1, 0.15) is 6.61 Å². The summed E-state index contributed by atoms with van der Waals surface area (Å²) in [5, 5.41) is 29.4. The van der Waals surface area contributed by atoms with E-state index >= 15 is 0 Å². The third kappa shape index (κ3) is 6.86. The van der Waals surface area contributed by atoms with Crippen LogP contribution in [-0.2, 0) is 9.53 Å². The van der Waals surface area contributed by atoms with Gasteiger partial charge >= 0.3 is 12.0 Å². The molecule has 0 saturated heterocycles. The zero-order valence-electron chi connectivity index (χ0n) is 21.2. The van der Waals surface area contributed by atoms with Crippen LogP contribution in [0.3, 0.4) is 0 Å². The molecule has 38 heavy (non-hydrogen) atoms. The number of methoxy groups -OCH3 is 2. The van der Waals surface area contributed by atoms with Crippen molar-refractivity contribution in [2.24, 2.45) is 5.10 Å². The number of phenols is 1. The number of aromatic hydroxyl groups is 1. The fourth-order valence-electron chi connectivity index (χ4n) is 3.64. The van der Waals surface area contributed by atoms with Crippen LogP contribution in [0.5, 0.6) is 23.0 Å². The average molecular weight is 593 g/mol. The van der Waals surface area contributed by atoms with Crippen LogP contribution in [0.2, 0.25) is 0 Å². The van der Waals surface area contributed by atoms with Gasteiger partial charge in [-0.25, -0.2) is 9.59 Å². The van der Waals surface area contributed by atoms with Crippen LogP contribution in [0.25, 0.3) is 0 Å². The van der Waals surface area contributed by atoms with Gasteiger partial charge in [0.05, 0.1) is 38.7 Å². The number of allylic oxidation sites excluding steroid dienone is 1. The summed E-state index contributed by atoms with van der Waals surface area (Å²) in [5.41, 5.74) is 4.38. The van der Waals surface area contributed by atoms with Crippen LogP contribution in [0.4, 0.5) is 4.79 Å². The first kappa shape index (κ1) is 28.6. The van der Waals surface area contributed by atoms with Gasteiger partial charge in [0.25, 0.3) is 0 Å². The number of phenolic OH excluding ortho intramolecular Hbond substituents is 1. The Balaban J connectivity index is 1.71. The molecular weight excluding hydrogens is 564 g/mol. The first-order valence-electron chi connectivity index (χ1n) is 11.5. The number of halogens is 1. The van der Waals surface area contributed by atoms with Crippen molar-refractivity contribution in [3.05, 3.63) is 57.2 Å². The molecule has 1 aliphatic rings. The van der Waals surface area contributed by atoms with Gasteiger partial charge in [-0.2, -0.15) is 5.10 Å². The fraction of sp³-hybridized carbons (Fsp3) is 0.320. The molecule has 0 spiro atoms. The number of hydrogen-bond donors (Lipinski definition) is 5. The maximum Gasteiger partial charge on any atom is 0.337 e. The SMILES string of the molecule is CCOc1cc([C@@H]2NC(=O)NC(C)=C2C(=O)OC)ccc1OC[C@H](O)N/N=C\c1cc(OC)c(O)cc1Br. The zero-order chi connectivity index (χ0) is 27.8. The Bertz CT molecular complexity index is 1250. The molecule has 0 aliphatic carbocycles. The van der Waals surface area contributed by atoms with E-state index in [4.69, 9.17) is 18.9 Å². The summed E-state index contributed by atoms with van der Waals surface area (Å²) in [6, 6.07) is 6.79. The van der Waals surface area contributed by atoms with Gasteiger partial charge in [0.15, 0.2) is 29.2 Å². The molecule has 0 aromatic heterocycles. The first-order chi connectivity index (χ1) is 18.2. The van der Waals surface area contributed by atoms with Crippen LogP contribution in [0.15, 0.2) is 51.2 Å². The number of ether oxygens (including phenoxy) is 4. The molecule has 2 aromatic rings. The number of nitrogens with one attached hydrogen (secondary N) is 3. The number of carbonyl (C=O) groups is 2. The highest BCUT2D eigenvalue weighted by molar-refractivity contribution is 9.10. The van der Waals surface area contributed by atoms with Gasteiger partial charge in [-0.15, -0.1) is 0 Å². The lowest BCUT2D eigenvalue weighted by molar-refractivity contribution is -0.136. The number of urea groups is 1. The number of aliphatic hydroxyl groups is 1. The highest BCUT2D eigenvalue weighted by Crippen LogP contribution is 2.35. The summed E-state index contributed by atoms with van der Waals surface area (Å²) < 4.78 is 22.0. The maximum absolute atomic E-state index is 12.4. The van der Waals surface area contributed by atoms with Gasteiger partial charge in [0, 0.05) is 15.7 Å². The van der Waals surface area contributed by atoms with Gasteiger partial charge in [0.2, 0.25) is 0 Å². The standard InChI is InChI=1S/C25H29BrN4O8/c1-5-37-20-8-14(23-22(24(33)36-4)13(2)28-25(34)29-23)6-7-18(20)38-12-21(32)30-27-11-15-9-19(35-3)17(31)10-16(15)26/h6-11,21,23,30-32H,5,12H2,1-4H3,(H2,28,29,34)/b27-11-/t21-,23-/m0/s1. The summed E-state index contributed by atoms with van der Waals surface area (Å²) >= 11 is 3.33. The molecular formula is C25H29BrN4O8. The highest BCUT2D eigenvalue weighted by Gasteiger charge is 2.32. The van der Waals surface area contributed by atoms with E-state index in [-0.39, 0.29) is 23.7 Å². The number of esters is 1. The van der Waals surface area contributed by atoms with Crippen molar-refractivity contribution in [2.75, 3.05) is 27.4 Å². The topological polar surface area (TPSA) is 160 Å². The third-order valence-electron chi connectivity index (χ3n) is 5.40. The fourth-order valence-corrected chi connectivity index (χ4v) is 4.07. The predicted molar refractivity (Wildman–Crippen MR) is 141 cm³/mol. The molecule has 0 saturated carbocycles. The molecule has 12 nitrogen and oxygen atoms in total. The molecule has 0 bridgehead atoms. The maximum atomic E-state index is 12.4. The number of hydrogen-bond acceptors (Lipinski definition) is 10. The molecule has 1 aliphatic heterocycles. The van der Waals surface area contributed by atoms with Crippen molar-refractivity contribution in [1.82, 2.24) is 16.1 Å². The predicted octanol–water partition coefficient (Wildman–Crippen LogP) is 2.68. The van der Waals surface area contributed by atoms with Crippen LogP contribution < -0.4 is 30.3 Å². The van der Waals surface area contributed by atoms with Gasteiger partial charge < -0.3 is 39.8 Å². The Morgan fingerprint density at radius 3 is 2.66 bits per heavy atom. The first-order valence-corrected chi connectivity index (χ1v) is 12.3. The molecule has 0 unspecified atom stereocenters. The summed E-state index contributed by atoms with van der Waals surface area (Å²) in [5.74, 6) is 0.372. The van der Waals surface area contributed by atoms with Crippen LogP contribution in [0.1, 0.15) is 31.0 Å². The lowest BCUT2D eigenvalue weighted by Gasteiger charge is -2.28. The molecule has 3 rings (SSSR count). The molecule has 2 aromatic carbocycles. The number of aliphatic hydroxyl groups excluding tert-OH is 1. The summed E-state index contributed by atoms with van der Waals surface area (Å²) in [4.78, 5) is 24.5. The number of amides is 2. The van der Waals surface area contributed by atoms with E-state index in [2.05, 4.69) is 37.1 Å². The Morgan fingerprint density at radius 1 is 1.21 bits per heavy atom. The number of carbonyl (C=O) groups excluding carboxylic acids is 2. The Kier molecular flexibility index (Phi) is 9.79. The molecule has 5 N–H and O–H groups in total. The van der Waals surface area contributed by atoms with Crippen LogP contribution >= 0.6 is 15.9 Å². The average Bonchev–Trinajstić information content (AvgIpc) is 2.88. The zero-order valence-corrected chi connectivity index (χ0v) is 22.8. The van der Waals surface area contributed by atoms with E-state index in [0.29, 0.717) is 39.4 Å². The second-order valence-corrected chi connectivity index (χ2v) is 8.81. The van der Waals surface area contributed by atoms with Crippen molar-refractivity contribution in [3.8, 4) is 23.0 Å². The molecule has 13 heteroatoms. The largest absolute Gasteiger partial charge is 0.504 e. The van der Waals surface area contributed by atoms with Gasteiger partial charge in [-0.05, 0) is 59.6 Å². The molecule has 2 amide bonds. The molecule has 2 atom stereocenters. The van der Waals surface area contributed by atoms with Crippen LogP contribution in [0, 0.1) is 0 Å².